The number of nitrogens with zero attached hydrogens (tertiary/aromatic N) is 1. The quantitative estimate of drug-likeness (QED) is 0.719. The van der Waals surface area contributed by atoms with E-state index in [1.54, 1.807) is 0 Å². The fraction of sp³-hybridized carbons (Fsp3) is 0.389. The number of hydrogen-bond donors (Lipinski definition) is 0. The van der Waals surface area contributed by atoms with Crippen molar-refractivity contribution in [2.75, 3.05) is 0 Å². The molecule has 1 aromatic heterocycles. The van der Waals surface area contributed by atoms with Crippen molar-refractivity contribution in [1.29, 1.82) is 0 Å². The first kappa shape index (κ1) is 13.8. The van der Waals surface area contributed by atoms with Crippen LogP contribution < -0.4 is 4.57 Å². The van der Waals surface area contributed by atoms with Crippen molar-refractivity contribution in [3.8, 4) is 11.3 Å². The predicted molar refractivity (Wildman–Crippen MR) is 81.2 cm³/mol. The summed E-state index contributed by atoms with van der Waals surface area (Å²) in [4.78, 5) is 0. The van der Waals surface area contributed by atoms with Gasteiger partial charge < -0.3 is 0 Å². The Kier molecular flexibility index (Phi) is 4.04. The van der Waals surface area contributed by atoms with Gasteiger partial charge in [0.05, 0.1) is 0 Å². The summed E-state index contributed by atoms with van der Waals surface area (Å²) in [6.07, 6.45) is 3.37. The fourth-order valence-electron chi connectivity index (χ4n) is 2.54. The Morgan fingerprint density at radius 2 is 1.84 bits per heavy atom. The summed E-state index contributed by atoms with van der Waals surface area (Å²) in [5.41, 5.74) is 6.70. The summed E-state index contributed by atoms with van der Waals surface area (Å²) in [6.45, 7) is 8.87. The fourth-order valence-corrected chi connectivity index (χ4v) is 2.54. The molecule has 1 heteroatoms. The summed E-state index contributed by atoms with van der Waals surface area (Å²) < 4.78 is 2.21. The van der Waals surface area contributed by atoms with Crippen LogP contribution >= 0.6 is 0 Å². The molecule has 0 aliphatic heterocycles. The molecule has 1 unspecified atom stereocenters. The Morgan fingerprint density at radius 1 is 1.11 bits per heavy atom. The first-order valence-electron chi connectivity index (χ1n) is 7.10. The molecule has 1 aromatic carbocycles. The smallest absolute Gasteiger partial charge is 0.201 e. The first-order valence-corrected chi connectivity index (χ1v) is 7.10. The molecule has 1 atom stereocenters. The van der Waals surface area contributed by atoms with Crippen LogP contribution in [0.5, 0.6) is 0 Å². The van der Waals surface area contributed by atoms with Gasteiger partial charge in [-0.15, -0.1) is 0 Å². The van der Waals surface area contributed by atoms with Crippen molar-refractivity contribution in [3.05, 3.63) is 53.2 Å². The minimum Gasteiger partial charge on any atom is -0.201 e. The van der Waals surface area contributed by atoms with Crippen LogP contribution in [0.3, 0.4) is 0 Å². The van der Waals surface area contributed by atoms with Gasteiger partial charge in [0.2, 0.25) is 5.69 Å². The molecule has 0 saturated heterocycles. The standard InChI is InChI=1S/C18H24N/c1-6-14(3)16-8-9-17(15(4)11-16)18-10-7-13(2)12-19(18)5/h7-12,14H,6H2,1-5H3/q+1. The van der Waals surface area contributed by atoms with Gasteiger partial charge in [-0.05, 0) is 49.4 Å². The average molecular weight is 254 g/mol. The zero-order chi connectivity index (χ0) is 14.0. The summed E-state index contributed by atoms with van der Waals surface area (Å²) in [7, 11) is 2.12. The van der Waals surface area contributed by atoms with Gasteiger partial charge in [-0.3, -0.25) is 0 Å². The molecule has 0 spiro atoms. The average Bonchev–Trinajstić information content (AvgIpc) is 2.38. The van der Waals surface area contributed by atoms with E-state index >= 15 is 0 Å². The molecule has 100 valence electrons. The largest absolute Gasteiger partial charge is 0.212 e. The molecule has 0 fully saturated rings. The third kappa shape index (κ3) is 2.86. The summed E-state index contributed by atoms with van der Waals surface area (Å²) in [5.74, 6) is 0.638. The molecule has 2 rings (SSSR count). The zero-order valence-corrected chi connectivity index (χ0v) is 12.7. The maximum atomic E-state index is 2.34. The van der Waals surface area contributed by atoms with Crippen molar-refractivity contribution < 1.29 is 4.57 Å². The van der Waals surface area contributed by atoms with Gasteiger partial charge in [0, 0.05) is 17.2 Å². The topological polar surface area (TPSA) is 3.88 Å². The predicted octanol–water partition coefficient (Wildman–Crippen LogP) is 4.31. The van der Waals surface area contributed by atoms with Crippen LogP contribution in [0.25, 0.3) is 11.3 Å². The molecule has 0 radical (unpaired) electrons. The molecule has 0 N–H and O–H groups in total. The van der Waals surface area contributed by atoms with Gasteiger partial charge in [-0.1, -0.05) is 26.0 Å². The second-order valence-electron chi connectivity index (χ2n) is 5.59. The minimum absolute atomic E-state index is 0.638. The summed E-state index contributed by atoms with van der Waals surface area (Å²) in [6, 6.07) is 11.3. The molecule has 0 aliphatic rings. The lowest BCUT2D eigenvalue weighted by molar-refractivity contribution is -0.660. The van der Waals surface area contributed by atoms with E-state index < -0.39 is 0 Å². The molecule has 0 bridgehead atoms. The number of aromatic nitrogens is 1. The lowest BCUT2D eigenvalue weighted by Gasteiger charge is -2.12. The van der Waals surface area contributed by atoms with E-state index in [2.05, 4.69) is 75.8 Å². The number of pyridine rings is 1. The van der Waals surface area contributed by atoms with E-state index in [0.29, 0.717) is 5.92 Å². The Balaban J connectivity index is 2.46. The Bertz CT molecular complexity index is 584. The van der Waals surface area contributed by atoms with E-state index in [1.807, 2.05) is 0 Å². The summed E-state index contributed by atoms with van der Waals surface area (Å²) in [5, 5.41) is 0. The monoisotopic (exact) mass is 254 g/mol. The lowest BCUT2D eigenvalue weighted by Crippen LogP contribution is -2.31. The van der Waals surface area contributed by atoms with Crippen LogP contribution in [0.2, 0.25) is 0 Å². The van der Waals surface area contributed by atoms with Crippen molar-refractivity contribution in [2.45, 2.75) is 40.0 Å². The van der Waals surface area contributed by atoms with Gasteiger partial charge in [-0.2, -0.15) is 0 Å². The Labute approximate surface area is 116 Å². The SMILES string of the molecule is CCC(C)c1ccc(-c2ccc(C)c[n+]2C)c(C)c1. The van der Waals surface area contributed by atoms with Crippen LogP contribution in [0, 0.1) is 13.8 Å². The van der Waals surface area contributed by atoms with E-state index in [4.69, 9.17) is 0 Å². The highest BCUT2D eigenvalue weighted by Gasteiger charge is 2.13. The van der Waals surface area contributed by atoms with Crippen LogP contribution in [0.4, 0.5) is 0 Å². The molecule has 19 heavy (non-hydrogen) atoms. The van der Waals surface area contributed by atoms with Crippen molar-refractivity contribution >= 4 is 0 Å². The maximum Gasteiger partial charge on any atom is 0.212 e. The molecular weight excluding hydrogens is 230 g/mol. The van der Waals surface area contributed by atoms with E-state index in [9.17, 15) is 0 Å². The third-order valence-corrected chi connectivity index (χ3v) is 3.99. The first-order chi connectivity index (χ1) is 9.02. The van der Waals surface area contributed by atoms with Crippen LogP contribution in [-0.4, -0.2) is 0 Å². The minimum atomic E-state index is 0.638. The number of benzene rings is 1. The van der Waals surface area contributed by atoms with Gasteiger partial charge in [0.15, 0.2) is 6.20 Å². The Morgan fingerprint density at radius 3 is 2.42 bits per heavy atom. The highest BCUT2D eigenvalue weighted by molar-refractivity contribution is 5.61. The molecule has 0 saturated carbocycles. The van der Waals surface area contributed by atoms with Gasteiger partial charge in [0.1, 0.15) is 7.05 Å². The van der Waals surface area contributed by atoms with E-state index in [0.717, 1.165) is 0 Å². The molecule has 1 heterocycles. The highest BCUT2D eigenvalue weighted by Crippen LogP contribution is 2.26. The van der Waals surface area contributed by atoms with Gasteiger partial charge in [-0.25, -0.2) is 4.57 Å². The molecule has 1 nitrogen and oxygen atoms in total. The second-order valence-corrected chi connectivity index (χ2v) is 5.59. The molecule has 0 aliphatic carbocycles. The van der Waals surface area contributed by atoms with Crippen LogP contribution in [0.15, 0.2) is 36.5 Å². The third-order valence-electron chi connectivity index (χ3n) is 3.99. The molecule has 2 aromatic rings. The summed E-state index contributed by atoms with van der Waals surface area (Å²) >= 11 is 0. The highest BCUT2D eigenvalue weighted by atomic mass is 14.9. The number of aryl methyl sites for hydroxylation is 3. The Hall–Kier alpha value is -1.63. The number of rotatable bonds is 3. The van der Waals surface area contributed by atoms with Gasteiger partial charge in [0.25, 0.3) is 0 Å². The van der Waals surface area contributed by atoms with Crippen molar-refractivity contribution in [1.82, 2.24) is 0 Å². The van der Waals surface area contributed by atoms with Crippen LogP contribution in [-0.2, 0) is 7.05 Å². The normalized spacial score (nSPS) is 12.5. The van der Waals surface area contributed by atoms with Crippen molar-refractivity contribution in [3.63, 3.8) is 0 Å². The van der Waals surface area contributed by atoms with Gasteiger partial charge >= 0.3 is 0 Å². The number of hydrogen-bond acceptors (Lipinski definition) is 0. The van der Waals surface area contributed by atoms with Crippen LogP contribution in [0.1, 0.15) is 42.9 Å². The lowest BCUT2D eigenvalue weighted by atomic mass is 9.94. The second kappa shape index (κ2) is 5.56. The molecule has 0 amide bonds. The van der Waals surface area contributed by atoms with E-state index in [1.165, 1.54) is 34.4 Å². The zero-order valence-electron chi connectivity index (χ0n) is 12.7. The van der Waals surface area contributed by atoms with Crippen molar-refractivity contribution in [2.24, 2.45) is 7.05 Å². The van der Waals surface area contributed by atoms with E-state index in [-0.39, 0.29) is 0 Å². The molecular formula is C18H24N+. The maximum absolute atomic E-state index is 2.34.